The van der Waals surface area contributed by atoms with Crippen molar-refractivity contribution in [2.24, 2.45) is 0 Å². The summed E-state index contributed by atoms with van der Waals surface area (Å²) >= 11 is 0. The van der Waals surface area contributed by atoms with E-state index in [0.29, 0.717) is 0 Å². The van der Waals surface area contributed by atoms with Gasteiger partial charge in [-0.1, -0.05) is 129 Å². The summed E-state index contributed by atoms with van der Waals surface area (Å²) in [7, 11) is 1.71. The molecule has 0 saturated heterocycles. The van der Waals surface area contributed by atoms with Crippen LogP contribution in [0.2, 0.25) is 0 Å². The summed E-state index contributed by atoms with van der Waals surface area (Å²) < 4.78 is 13.2. The summed E-state index contributed by atoms with van der Waals surface area (Å²) in [5.74, 6) is 1.75. The largest absolute Gasteiger partial charge is 0.497 e. The Morgan fingerprint density at radius 2 is 1.30 bits per heavy atom. The van der Waals surface area contributed by atoms with Gasteiger partial charge in [0.25, 0.3) is 0 Å². The van der Waals surface area contributed by atoms with Gasteiger partial charge in [0.2, 0.25) is 0 Å². The monoisotopic (exact) mass is 594 g/mol. The molecule has 0 saturated carbocycles. The van der Waals surface area contributed by atoms with Crippen LogP contribution < -0.4 is 9.47 Å². The Hall–Kier alpha value is -5.34. The normalized spacial score (nSPS) is 17.5. The molecule has 1 unspecified atom stereocenters. The number of methoxy groups -OCH3 is 1. The lowest BCUT2D eigenvalue weighted by Gasteiger charge is -2.39. The minimum absolute atomic E-state index is 0.186. The highest BCUT2D eigenvalue weighted by molar-refractivity contribution is 6.11. The van der Waals surface area contributed by atoms with E-state index in [1.54, 1.807) is 7.11 Å². The average Bonchev–Trinajstić information content (AvgIpc) is 3.33. The molecule has 1 heterocycles. The number of benzene rings is 7. The van der Waals surface area contributed by atoms with Gasteiger partial charge in [-0.25, -0.2) is 0 Å². The van der Waals surface area contributed by atoms with Crippen molar-refractivity contribution in [1.82, 2.24) is 0 Å². The molecule has 2 heteroatoms. The van der Waals surface area contributed by atoms with Gasteiger partial charge in [-0.2, -0.15) is 0 Å². The highest BCUT2D eigenvalue weighted by atomic mass is 16.5. The quantitative estimate of drug-likeness (QED) is 0.190. The molecule has 0 aromatic heterocycles. The maximum absolute atomic E-state index is 7.65. The lowest BCUT2D eigenvalue weighted by Crippen LogP contribution is -2.35. The van der Waals surface area contributed by atoms with Crippen molar-refractivity contribution in [3.63, 3.8) is 0 Å². The van der Waals surface area contributed by atoms with Crippen LogP contribution in [0.1, 0.15) is 47.2 Å². The first-order chi connectivity index (χ1) is 22.4. The zero-order valence-corrected chi connectivity index (χ0v) is 26.5. The summed E-state index contributed by atoms with van der Waals surface area (Å²) in [6.07, 6.45) is 4.64. The van der Waals surface area contributed by atoms with Crippen LogP contribution in [-0.2, 0) is 11.0 Å². The zero-order valence-electron chi connectivity index (χ0n) is 26.5. The smallest absolute Gasteiger partial charge is 0.178 e. The second kappa shape index (κ2) is 9.58. The van der Waals surface area contributed by atoms with E-state index < -0.39 is 5.60 Å². The van der Waals surface area contributed by atoms with Crippen molar-refractivity contribution < 1.29 is 9.47 Å². The molecule has 2 nitrogen and oxygen atoms in total. The van der Waals surface area contributed by atoms with Gasteiger partial charge in [-0.05, 0) is 80.4 Å². The van der Waals surface area contributed by atoms with E-state index in [9.17, 15) is 0 Å². The van der Waals surface area contributed by atoms with E-state index in [1.165, 1.54) is 60.3 Å². The molecule has 0 bridgehead atoms. The number of fused-ring (bicyclic) bond motifs is 11. The van der Waals surface area contributed by atoms with Gasteiger partial charge < -0.3 is 9.47 Å². The number of hydrogen-bond acceptors (Lipinski definition) is 2. The summed E-state index contributed by atoms with van der Waals surface area (Å²) in [6, 6.07) is 43.8. The standard InChI is InChI=1S/C44H34O2/c1-27-17-22-36-38(25-27)43(2,3)41-37-23-24-44(29-18-20-30(45-4)21-19-29,46-42(37)35-16-10-9-15-34(35)40(36)41)39-26-28-11-5-6-12-31(28)32-13-7-8-14-33(32)39/h5-26H,1-4H3. The van der Waals surface area contributed by atoms with Crippen LogP contribution in [0.5, 0.6) is 11.5 Å². The van der Waals surface area contributed by atoms with Crippen LogP contribution in [0.25, 0.3) is 49.5 Å². The van der Waals surface area contributed by atoms with Crippen molar-refractivity contribution in [3.8, 4) is 22.6 Å². The van der Waals surface area contributed by atoms with Gasteiger partial charge in [-0.15, -0.1) is 0 Å². The van der Waals surface area contributed by atoms with E-state index in [1.807, 2.05) is 12.1 Å². The molecule has 222 valence electrons. The van der Waals surface area contributed by atoms with Crippen molar-refractivity contribution in [2.45, 2.75) is 31.8 Å². The third-order valence-electron chi connectivity index (χ3n) is 10.4. The Morgan fingerprint density at radius 1 is 0.630 bits per heavy atom. The molecule has 0 N–H and O–H groups in total. The summed E-state index contributed by atoms with van der Waals surface area (Å²) in [4.78, 5) is 0. The fraction of sp³-hybridized carbons (Fsp3) is 0.136. The number of hydrogen-bond donors (Lipinski definition) is 0. The van der Waals surface area contributed by atoms with Gasteiger partial charge >= 0.3 is 0 Å². The Balaban J connectivity index is 1.39. The molecular formula is C44H34O2. The molecule has 7 aromatic rings. The van der Waals surface area contributed by atoms with Gasteiger partial charge in [0.1, 0.15) is 11.5 Å². The average molecular weight is 595 g/mol. The Bertz CT molecular complexity index is 2410. The van der Waals surface area contributed by atoms with Crippen molar-refractivity contribution in [2.75, 3.05) is 7.11 Å². The van der Waals surface area contributed by atoms with Crippen LogP contribution in [0.4, 0.5) is 0 Å². The minimum atomic E-state index is -0.883. The molecule has 1 aliphatic carbocycles. The van der Waals surface area contributed by atoms with Crippen LogP contribution in [-0.4, -0.2) is 7.11 Å². The molecule has 0 spiro atoms. The fourth-order valence-electron chi connectivity index (χ4n) is 8.20. The molecule has 0 radical (unpaired) electrons. The molecule has 2 aliphatic rings. The van der Waals surface area contributed by atoms with Crippen molar-refractivity contribution in [3.05, 3.63) is 161 Å². The number of rotatable bonds is 3. The van der Waals surface area contributed by atoms with Gasteiger partial charge in [-0.3, -0.25) is 0 Å². The highest BCUT2D eigenvalue weighted by Crippen LogP contribution is 2.58. The fourth-order valence-corrected chi connectivity index (χ4v) is 8.20. The van der Waals surface area contributed by atoms with E-state index >= 15 is 0 Å². The lowest BCUT2D eigenvalue weighted by molar-refractivity contribution is 0.165. The topological polar surface area (TPSA) is 18.5 Å². The first-order valence-electron chi connectivity index (χ1n) is 16.1. The Morgan fingerprint density at radius 3 is 2.07 bits per heavy atom. The molecule has 1 aliphatic heterocycles. The molecule has 0 fully saturated rings. The van der Waals surface area contributed by atoms with Crippen molar-refractivity contribution >= 4 is 38.4 Å². The van der Waals surface area contributed by atoms with E-state index in [0.717, 1.165) is 28.0 Å². The summed E-state index contributed by atoms with van der Waals surface area (Å²) in [5.41, 5.74) is 8.93. The lowest BCUT2D eigenvalue weighted by atomic mass is 9.76. The van der Waals surface area contributed by atoms with Crippen LogP contribution in [0.3, 0.4) is 0 Å². The second-order valence-electron chi connectivity index (χ2n) is 13.3. The van der Waals surface area contributed by atoms with Gasteiger partial charge in [0, 0.05) is 27.5 Å². The van der Waals surface area contributed by atoms with Crippen molar-refractivity contribution in [1.29, 1.82) is 0 Å². The molecule has 9 rings (SSSR count). The third kappa shape index (κ3) is 3.59. The predicted octanol–water partition coefficient (Wildman–Crippen LogP) is 11.1. The highest BCUT2D eigenvalue weighted by Gasteiger charge is 2.44. The van der Waals surface area contributed by atoms with Crippen LogP contribution in [0.15, 0.2) is 127 Å². The molecule has 1 atom stereocenters. The molecule has 7 aromatic carbocycles. The summed E-state index contributed by atoms with van der Waals surface area (Å²) in [6.45, 7) is 6.91. The number of aryl methyl sites for hydroxylation is 1. The third-order valence-corrected chi connectivity index (χ3v) is 10.4. The molecular weight excluding hydrogens is 560 g/mol. The first-order valence-corrected chi connectivity index (χ1v) is 16.1. The maximum atomic E-state index is 7.65. The van der Waals surface area contributed by atoms with E-state index in [2.05, 4.69) is 142 Å². The molecule has 46 heavy (non-hydrogen) atoms. The zero-order chi connectivity index (χ0) is 31.2. The van der Waals surface area contributed by atoms with Crippen LogP contribution in [0, 0.1) is 6.92 Å². The van der Waals surface area contributed by atoms with Crippen LogP contribution >= 0.6 is 0 Å². The SMILES string of the molecule is COc1ccc(C2(c3cc4ccccc4c4ccccc34)C=Cc3c4c(c5ccccc5c3O2)-c2ccc(C)cc2C4(C)C)cc1. The predicted molar refractivity (Wildman–Crippen MR) is 191 cm³/mol. The second-order valence-corrected chi connectivity index (χ2v) is 13.3. The number of ether oxygens (including phenoxy) is 2. The van der Waals surface area contributed by atoms with Gasteiger partial charge in [0.05, 0.1) is 7.11 Å². The Kier molecular flexibility index (Phi) is 5.63. The minimum Gasteiger partial charge on any atom is -0.497 e. The summed E-state index contributed by atoms with van der Waals surface area (Å²) in [5, 5.41) is 7.19. The maximum Gasteiger partial charge on any atom is 0.178 e. The Labute approximate surface area is 269 Å². The van der Waals surface area contributed by atoms with E-state index in [4.69, 9.17) is 9.47 Å². The van der Waals surface area contributed by atoms with E-state index in [-0.39, 0.29) is 5.41 Å². The molecule has 0 amide bonds. The first kappa shape index (κ1) is 27.0. The van der Waals surface area contributed by atoms with Gasteiger partial charge in [0.15, 0.2) is 5.60 Å².